The molecular formula is C18H17Cl2NO3S. The van der Waals surface area contributed by atoms with Gasteiger partial charge in [0, 0.05) is 18.0 Å². The summed E-state index contributed by atoms with van der Waals surface area (Å²) in [7, 11) is 0. The largest absolute Gasteiger partial charge is 0.481 e. The van der Waals surface area contributed by atoms with Crippen molar-refractivity contribution >= 4 is 46.4 Å². The molecule has 0 saturated carbocycles. The van der Waals surface area contributed by atoms with E-state index in [4.69, 9.17) is 23.2 Å². The van der Waals surface area contributed by atoms with Gasteiger partial charge in [-0.05, 0) is 42.2 Å². The van der Waals surface area contributed by atoms with Crippen LogP contribution in [0, 0.1) is 11.8 Å². The first kappa shape index (κ1) is 18.2. The van der Waals surface area contributed by atoms with Gasteiger partial charge in [-0.3, -0.25) is 9.59 Å². The second-order valence-electron chi connectivity index (χ2n) is 6.25. The molecule has 0 aliphatic carbocycles. The number of nitrogens with zero attached hydrogens (tertiary/aromatic N) is 1. The zero-order valence-corrected chi connectivity index (χ0v) is 15.9. The Labute approximate surface area is 160 Å². The summed E-state index contributed by atoms with van der Waals surface area (Å²) in [6.45, 7) is 2.82. The van der Waals surface area contributed by atoms with Crippen LogP contribution in [0.4, 0.5) is 0 Å². The van der Waals surface area contributed by atoms with Crippen LogP contribution in [0.2, 0.25) is 10.0 Å². The topological polar surface area (TPSA) is 57.6 Å². The lowest BCUT2D eigenvalue weighted by molar-refractivity contribution is -0.145. The zero-order valence-electron chi connectivity index (χ0n) is 13.5. The summed E-state index contributed by atoms with van der Waals surface area (Å²) in [5.74, 6) is -1.26. The first-order valence-electron chi connectivity index (χ1n) is 7.94. The Morgan fingerprint density at radius 2 is 1.96 bits per heavy atom. The van der Waals surface area contributed by atoms with Crippen LogP contribution in [-0.2, 0) is 4.79 Å². The molecule has 1 amide bonds. The van der Waals surface area contributed by atoms with Gasteiger partial charge in [-0.2, -0.15) is 0 Å². The van der Waals surface area contributed by atoms with Crippen LogP contribution in [0.3, 0.4) is 0 Å². The number of carboxylic acids is 1. The third kappa shape index (κ3) is 3.84. The molecule has 25 heavy (non-hydrogen) atoms. The van der Waals surface area contributed by atoms with E-state index in [9.17, 15) is 14.7 Å². The maximum absolute atomic E-state index is 12.7. The number of piperidine rings is 1. The van der Waals surface area contributed by atoms with Crippen molar-refractivity contribution < 1.29 is 14.7 Å². The smallest absolute Gasteiger partial charge is 0.306 e. The Bertz CT molecular complexity index is 820. The van der Waals surface area contributed by atoms with Gasteiger partial charge in [0.25, 0.3) is 5.91 Å². The Morgan fingerprint density at radius 3 is 2.60 bits per heavy atom. The highest BCUT2D eigenvalue weighted by atomic mass is 35.5. The van der Waals surface area contributed by atoms with Crippen molar-refractivity contribution in [2.45, 2.75) is 13.3 Å². The Hall–Kier alpha value is -1.56. The van der Waals surface area contributed by atoms with Gasteiger partial charge in [0.15, 0.2) is 0 Å². The van der Waals surface area contributed by atoms with Gasteiger partial charge in [-0.1, -0.05) is 36.2 Å². The van der Waals surface area contributed by atoms with Gasteiger partial charge in [0.2, 0.25) is 0 Å². The summed E-state index contributed by atoms with van der Waals surface area (Å²) in [6.07, 6.45) is 0.493. The average molecular weight is 398 g/mol. The van der Waals surface area contributed by atoms with Gasteiger partial charge in [0.1, 0.15) is 0 Å². The highest BCUT2D eigenvalue weighted by molar-refractivity contribution is 7.17. The summed E-state index contributed by atoms with van der Waals surface area (Å²) < 4.78 is 0. The SMILES string of the molecule is CC1CN(C(=O)c2ccc(-c3ccc(Cl)c(Cl)c3)s2)CCC1C(=O)O. The van der Waals surface area contributed by atoms with E-state index in [1.807, 2.05) is 19.1 Å². The number of halogens is 2. The maximum Gasteiger partial charge on any atom is 0.306 e. The fourth-order valence-corrected chi connectivity index (χ4v) is 4.38. The lowest BCUT2D eigenvalue weighted by Gasteiger charge is -2.34. The van der Waals surface area contributed by atoms with E-state index in [2.05, 4.69) is 0 Å². The van der Waals surface area contributed by atoms with E-state index in [1.165, 1.54) is 11.3 Å². The minimum Gasteiger partial charge on any atom is -0.481 e. The number of thiophene rings is 1. The Kier molecular flexibility index (Phi) is 5.37. The third-order valence-corrected chi connectivity index (χ3v) is 6.39. The molecule has 4 nitrogen and oxygen atoms in total. The first-order valence-corrected chi connectivity index (χ1v) is 9.51. The summed E-state index contributed by atoms with van der Waals surface area (Å²) >= 11 is 13.4. The monoisotopic (exact) mass is 397 g/mol. The molecule has 1 aliphatic heterocycles. The van der Waals surface area contributed by atoms with Gasteiger partial charge in [-0.15, -0.1) is 11.3 Å². The van der Waals surface area contributed by atoms with Crippen LogP contribution >= 0.6 is 34.5 Å². The number of benzene rings is 1. The van der Waals surface area contributed by atoms with Crippen molar-refractivity contribution in [1.82, 2.24) is 4.90 Å². The molecule has 7 heteroatoms. The van der Waals surface area contributed by atoms with Crippen LogP contribution in [-0.4, -0.2) is 35.0 Å². The summed E-state index contributed by atoms with van der Waals surface area (Å²) in [5, 5.41) is 10.2. The zero-order chi connectivity index (χ0) is 18.1. The number of likely N-dealkylation sites (tertiary alicyclic amines) is 1. The Morgan fingerprint density at radius 1 is 1.20 bits per heavy atom. The van der Waals surface area contributed by atoms with E-state index < -0.39 is 5.97 Å². The fourth-order valence-electron chi connectivity index (χ4n) is 3.11. The molecule has 1 fully saturated rings. The molecule has 0 spiro atoms. The number of carbonyl (C=O) groups excluding carboxylic acids is 1. The van der Waals surface area contributed by atoms with Crippen molar-refractivity contribution in [3.8, 4) is 10.4 Å². The average Bonchev–Trinajstić information content (AvgIpc) is 3.06. The van der Waals surface area contributed by atoms with Crippen molar-refractivity contribution in [1.29, 1.82) is 0 Å². The second kappa shape index (κ2) is 7.36. The van der Waals surface area contributed by atoms with Crippen LogP contribution < -0.4 is 0 Å². The minimum atomic E-state index is -0.780. The fraction of sp³-hybridized carbons (Fsp3) is 0.333. The molecule has 1 saturated heterocycles. The third-order valence-electron chi connectivity index (χ3n) is 4.53. The summed E-state index contributed by atoms with van der Waals surface area (Å²) in [4.78, 5) is 27.3. The van der Waals surface area contributed by atoms with E-state index in [0.29, 0.717) is 34.4 Å². The number of hydrogen-bond acceptors (Lipinski definition) is 3. The van der Waals surface area contributed by atoms with Crippen molar-refractivity contribution in [2.24, 2.45) is 11.8 Å². The highest BCUT2D eigenvalue weighted by Gasteiger charge is 2.33. The number of hydrogen-bond donors (Lipinski definition) is 1. The number of amides is 1. The first-order chi connectivity index (χ1) is 11.9. The van der Waals surface area contributed by atoms with Gasteiger partial charge >= 0.3 is 5.97 Å². The lowest BCUT2D eigenvalue weighted by atomic mass is 9.87. The van der Waals surface area contributed by atoms with Crippen molar-refractivity contribution in [3.63, 3.8) is 0 Å². The molecular weight excluding hydrogens is 381 g/mol. The standard InChI is InChI=1S/C18H17Cl2NO3S/c1-10-9-21(7-6-12(10)18(23)24)17(22)16-5-4-15(25-16)11-2-3-13(19)14(20)8-11/h2-5,8,10,12H,6-7,9H2,1H3,(H,23,24). The number of aliphatic carboxylic acids is 1. The van der Waals surface area contributed by atoms with Crippen LogP contribution in [0.15, 0.2) is 30.3 Å². The molecule has 0 radical (unpaired) electrons. The number of rotatable bonds is 3. The molecule has 3 rings (SSSR count). The van der Waals surface area contributed by atoms with E-state index in [1.54, 1.807) is 23.1 Å². The molecule has 1 aromatic heterocycles. The second-order valence-corrected chi connectivity index (χ2v) is 8.15. The van der Waals surface area contributed by atoms with Crippen molar-refractivity contribution in [3.05, 3.63) is 45.3 Å². The highest BCUT2D eigenvalue weighted by Crippen LogP contribution is 2.34. The Balaban J connectivity index is 1.75. The molecule has 1 aromatic carbocycles. The predicted molar refractivity (Wildman–Crippen MR) is 101 cm³/mol. The maximum atomic E-state index is 12.7. The summed E-state index contributed by atoms with van der Waals surface area (Å²) in [6, 6.07) is 9.08. The molecule has 2 atom stereocenters. The van der Waals surface area contributed by atoms with Crippen LogP contribution in [0.25, 0.3) is 10.4 Å². The lowest BCUT2D eigenvalue weighted by Crippen LogP contribution is -2.44. The number of carboxylic acid groups (broad SMARTS) is 1. The molecule has 2 unspecified atom stereocenters. The molecule has 0 bridgehead atoms. The van der Waals surface area contributed by atoms with E-state index in [-0.39, 0.29) is 17.7 Å². The number of carbonyl (C=O) groups is 2. The minimum absolute atomic E-state index is 0.0491. The molecule has 1 aliphatic rings. The summed E-state index contributed by atoms with van der Waals surface area (Å²) in [5.41, 5.74) is 0.913. The van der Waals surface area contributed by atoms with Gasteiger partial charge in [-0.25, -0.2) is 0 Å². The molecule has 1 N–H and O–H groups in total. The molecule has 132 valence electrons. The van der Waals surface area contributed by atoms with Gasteiger partial charge < -0.3 is 10.0 Å². The van der Waals surface area contributed by atoms with E-state index in [0.717, 1.165) is 10.4 Å². The quantitative estimate of drug-likeness (QED) is 0.800. The van der Waals surface area contributed by atoms with Crippen molar-refractivity contribution in [2.75, 3.05) is 13.1 Å². The van der Waals surface area contributed by atoms with Gasteiger partial charge in [0.05, 0.1) is 20.8 Å². The molecule has 2 heterocycles. The van der Waals surface area contributed by atoms with Crippen LogP contribution in [0.1, 0.15) is 23.0 Å². The molecule has 2 aromatic rings. The van der Waals surface area contributed by atoms with E-state index >= 15 is 0 Å². The van der Waals surface area contributed by atoms with Crippen LogP contribution in [0.5, 0.6) is 0 Å². The predicted octanol–water partition coefficient (Wildman–Crippen LogP) is 4.90. The normalized spacial score (nSPS) is 20.5.